The number of alkyl halides is 3. The summed E-state index contributed by atoms with van der Waals surface area (Å²) in [5.41, 5.74) is 11.1. The maximum atomic E-state index is 12.6. The maximum Gasteiger partial charge on any atom is 0.416 e. The molecule has 0 fully saturated rings. The van der Waals surface area contributed by atoms with Crippen molar-refractivity contribution in [3.63, 3.8) is 0 Å². The van der Waals surface area contributed by atoms with E-state index in [0.717, 1.165) is 39.2 Å². The number of aryl methyl sites for hydroxylation is 6. The van der Waals surface area contributed by atoms with Crippen molar-refractivity contribution >= 4 is 49.9 Å². The molecule has 6 rings (SSSR count). The molecule has 0 spiro atoms. The molecule has 270 valence electrons. The number of nitro groups is 1. The van der Waals surface area contributed by atoms with Crippen LogP contribution in [0.1, 0.15) is 35.2 Å². The Labute approximate surface area is 317 Å². The highest BCUT2D eigenvalue weighted by molar-refractivity contribution is 14.1. The lowest BCUT2D eigenvalue weighted by Crippen LogP contribution is -2.05. The van der Waals surface area contributed by atoms with E-state index >= 15 is 0 Å². The largest absolute Gasteiger partial charge is 0.416 e. The predicted molar refractivity (Wildman–Crippen MR) is 208 cm³/mol. The Morgan fingerprint density at radius 1 is 0.765 bits per heavy atom. The molecule has 2 N–H and O–H groups in total. The number of hydrogen-bond donors (Lipinski definition) is 1. The summed E-state index contributed by atoms with van der Waals surface area (Å²) in [4.78, 5) is 17.9. The smallest absolute Gasteiger partial charge is 0.399 e. The number of rotatable bonds is 3. The van der Waals surface area contributed by atoms with E-state index < -0.39 is 16.7 Å². The third-order valence-corrected chi connectivity index (χ3v) is 7.52. The average molecular weight is 880 g/mol. The molecule has 0 aliphatic rings. The maximum absolute atomic E-state index is 12.6. The molecule has 6 aromatic rings. The average Bonchev–Trinajstić information content (AvgIpc) is 3.64. The zero-order valence-corrected chi connectivity index (χ0v) is 31.8. The summed E-state index contributed by atoms with van der Waals surface area (Å²) >= 11 is 5.64. The molecular weight excluding hydrogens is 840 g/mol. The number of nitrogens with two attached hydrogens (primary N) is 1. The standard InChI is InChI=1S/C11H10F3N3.C10H10IN3.C7H8BrN.C7H7NO2.CH4/c1-7-3-8(10-15-6-17(2)16-10)5-9(4-7)11(12,13)14;1-7-3-8(5-9(11)4-7)10-12-6-14(2)13-10;1-5-2-6(8)4-7(9)3-5;1-6-3-2-4-7(5-6)8(9)10;/h3-6H,1-2H3;3-6H,1-2H3;2-4H,9H2,1H3;2-5H,1H3;1H4. The number of nitrogens with zero attached hydrogens (tertiary/aromatic N) is 7. The summed E-state index contributed by atoms with van der Waals surface area (Å²) in [5.74, 6) is 1.08. The summed E-state index contributed by atoms with van der Waals surface area (Å²) in [6.45, 7) is 7.53. The fourth-order valence-electron chi connectivity index (χ4n) is 4.39. The van der Waals surface area contributed by atoms with Crippen molar-refractivity contribution in [3.05, 3.63) is 137 Å². The summed E-state index contributed by atoms with van der Waals surface area (Å²) in [6, 6.07) is 22.5. The Kier molecular flexibility index (Phi) is 15.9. The van der Waals surface area contributed by atoms with Gasteiger partial charge in [0, 0.05) is 51.1 Å². The first-order chi connectivity index (χ1) is 23.4. The van der Waals surface area contributed by atoms with Crippen LogP contribution < -0.4 is 5.73 Å². The van der Waals surface area contributed by atoms with Gasteiger partial charge in [0.25, 0.3) is 5.69 Å². The van der Waals surface area contributed by atoms with Crippen LogP contribution in [0.3, 0.4) is 0 Å². The van der Waals surface area contributed by atoms with E-state index in [0.29, 0.717) is 17.0 Å². The first-order valence-corrected chi connectivity index (χ1v) is 16.7. The number of hydrogen-bond acceptors (Lipinski definition) is 7. The van der Waals surface area contributed by atoms with Crippen molar-refractivity contribution in [2.24, 2.45) is 14.1 Å². The Bertz CT molecular complexity index is 1990. The van der Waals surface area contributed by atoms with Crippen LogP contribution >= 0.6 is 38.5 Å². The van der Waals surface area contributed by atoms with E-state index in [-0.39, 0.29) is 13.1 Å². The lowest BCUT2D eigenvalue weighted by Gasteiger charge is -2.09. The van der Waals surface area contributed by atoms with Gasteiger partial charge >= 0.3 is 6.18 Å². The number of non-ortho nitro benzene ring substituents is 1. The van der Waals surface area contributed by atoms with E-state index in [4.69, 9.17) is 5.73 Å². The SMILES string of the molecule is C.Cc1cc(-c2ncn(C)n2)cc(C(F)(F)F)c1.Cc1cc(I)cc(-c2ncn(C)n2)c1.Cc1cc(N)cc(Br)c1.Cc1cccc([N+](=O)[O-])c1. The van der Waals surface area contributed by atoms with E-state index in [1.807, 2.05) is 45.2 Å². The molecule has 4 aromatic carbocycles. The molecule has 0 atom stereocenters. The molecule has 0 saturated heterocycles. The van der Waals surface area contributed by atoms with Gasteiger partial charge in [-0.25, -0.2) is 9.97 Å². The molecule has 15 heteroatoms. The monoisotopic (exact) mass is 878 g/mol. The molecule has 2 aromatic heterocycles. The van der Waals surface area contributed by atoms with Crippen LogP contribution in [0.4, 0.5) is 24.5 Å². The zero-order chi connectivity index (χ0) is 37.2. The molecule has 0 aliphatic heterocycles. The number of benzene rings is 4. The summed E-state index contributed by atoms with van der Waals surface area (Å²) in [7, 11) is 3.54. The second-order valence-corrected chi connectivity index (χ2v) is 13.4. The second kappa shape index (κ2) is 19.1. The molecule has 51 heavy (non-hydrogen) atoms. The van der Waals surface area contributed by atoms with Gasteiger partial charge in [0.05, 0.1) is 10.5 Å². The van der Waals surface area contributed by atoms with Gasteiger partial charge in [-0.05, 0) is 127 Å². The molecule has 0 saturated carbocycles. The molecule has 10 nitrogen and oxygen atoms in total. The summed E-state index contributed by atoms with van der Waals surface area (Å²) in [6.07, 6.45) is -1.19. The van der Waals surface area contributed by atoms with Crippen LogP contribution in [0.15, 0.2) is 96.0 Å². The number of anilines is 1. The molecule has 0 amide bonds. The highest BCUT2D eigenvalue weighted by atomic mass is 127. The van der Waals surface area contributed by atoms with Crippen molar-refractivity contribution < 1.29 is 18.1 Å². The van der Waals surface area contributed by atoms with E-state index in [1.165, 1.54) is 31.8 Å². The Morgan fingerprint density at radius 2 is 1.29 bits per heavy atom. The van der Waals surface area contributed by atoms with Crippen molar-refractivity contribution in [2.45, 2.75) is 41.3 Å². The first kappa shape index (κ1) is 42.5. The lowest BCUT2D eigenvalue weighted by molar-refractivity contribution is -0.384. The normalized spacial score (nSPS) is 10.3. The van der Waals surface area contributed by atoms with Crippen molar-refractivity contribution in [1.82, 2.24) is 29.5 Å². The summed E-state index contributed by atoms with van der Waals surface area (Å²) in [5, 5.41) is 18.4. The number of aromatic nitrogens is 6. The molecule has 0 radical (unpaired) electrons. The zero-order valence-electron chi connectivity index (χ0n) is 28.1. The van der Waals surface area contributed by atoms with Crippen molar-refractivity contribution in [2.75, 3.05) is 5.73 Å². The van der Waals surface area contributed by atoms with Crippen LogP contribution in [0.25, 0.3) is 22.8 Å². The number of halogens is 5. The van der Waals surface area contributed by atoms with E-state index in [2.05, 4.69) is 83.8 Å². The van der Waals surface area contributed by atoms with Gasteiger partial charge in [-0.3, -0.25) is 19.5 Å². The van der Waals surface area contributed by atoms with Crippen LogP contribution in [-0.2, 0) is 20.3 Å². The highest BCUT2D eigenvalue weighted by Crippen LogP contribution is 2.32. The van der Waals surface area contributed by atoms with Crippen LogP contribution in [0.2, 0.25) is 0 Å². The molecular formula is C36H39BrF3IN8O2. The third kappa shape index (κ3) is 14.3. The van der Waals surface area contributed by atoms with Gasteiger partial charge in [-0.15, -0.1) is 0 Å². The first-order valence-electron chi connectivity index (χ1n) is 14.8. The van der Waals surface area contributed by atoms with Crippen LogP contribution in [-0.4, -0.2) is 34.5 Å². The van der Waals surface area contributed by atoms with E-state index in [1.54, 1.807) is 43.2 Å². The second-order valence-electron chi connectivity index (χ2n) is 11.2. The Hall–Kier alpha value is -4.64. The highest BCUT2D eigenvalue weighted by Gasteiger charge is 2.31. The fourth-order valence-corrected chi connectivity index (χ4v) is 5.84. The van der Waals surface area contributed by atoms with E-state index in [9.17, 15) is 23.3 Å². The minimum atomic E-state index is -4.35. The topological polar surface area (TPSA) is 131 Å². The van der Waals surface area contributed by atoms with Crippen molar-refractivity contribution in [3.8, 4) is 22.8 Å². The van der Waals surface area contributed by atoms with Crippen LogP contribution in [0, 0.1) is 41.4 Å². The van der Waals surface area contributed by atoms with Gasteiger partial charge in [0.1, 0.15) is 12.7 Å². The fraction of sp³-hybridized carbons (Fsp3) is 0.222. The van der Waals surface area contributed by atoms with Crippen molar-refractivity contribution in [1.29, 1.82) is 0 Å². The third-order valence-electron chi connectivity index (χ3n) is 6.44. The molecule has 2 heterocycles. The Balaban J connectivity index is 0.000000241. The van der Waals surface area contributed by atoms with Gasteiger partial charge in [-0.1, -0.05) is 35.5 Å². The van der Waals surface area contributed by atoms with Gasteiger partial charge in [0.15, 0.2) is 11.6 Å². The van der Waals surface area contributed by atoms with Gasteiger partial charge < -0.3 is 5.73 Å². The molecule has 0 aliphatic carbocycles. The minimum Gasteiger partial charge on any atom is -0.399 e. The van der Waals surface area contributed by atoms with Gasteiger partial charge in [0.2, 0.25) is 0 Å². The quantitative estimate of drug-likeness (QED) is 0.0811. The number of nitro benzene ring substituents is 1. The lowest BCUT2D eigenvalue weighted by atomic mass is 10.1. The Morgan fingerprint density at radius 3 is 1.71 bits per heavy atom. The number of nitrogen functional groups attached to an aromatic ring is 1. The predicted octanol–water partition coefficient (Wildman–Crippen LogP) is 10.1. The van der Waals surface area contributed by atoms with Crippen LogP contribution in [0.5, 0.6) is 0 Å². The minimum absolute atomic E-state index is 0. The van der Waals surface area contributed by atoms with Gasteiger partial charge in [-0.2, -0.15) is 23.4 Å². The molecule has 0 unspecified atom stereocenters. The molecule has 0 bridgehead atoms. The summed E-state index contributed by atoms with van der Waals surface area (Å²) < 4.78 is 43.3.